The van der Waals surface area contributed by atoms with Gasteiger partial charge >= 0.3 is 0 Å². The van der Waals surface area contributed by atoms with Gasteiger partial charge in [0.1, 0.15) is 6.04 Å². The number of amides is 2. The fraction of sp³-hybridized carbons (Fsp3) is 0.118. The highest BCUT2D eigenvalue weighted by molar-refractivity contribution is 6.07. The molecule has 0 spiro atoms. The van der Waals surface area contributed by atoms with E-state index in [2.05, 4.69) is 15.5 Å². The molecule has 1 aromatic heterocycles. The predicted molar refractivity (Wildman–Crippen MR) is 86.7 cm³/mol. The molecule has 3 aromatic rings. The van der Waals surface area contributed by atoms with Crippen LogP contribution < -0.4 is 11.1 Å². The van der Waals surface area contributed by atoms with Crippen LogP contribution in [-0.2, 0) is 11.2 Å². The summed E-state index contributed by atoms with van der Waals surface area (Å²) in [6.45, 7) is 0. The third-order valence-corrected chi connectivity index (χ3v) is 3.66. The van der Waals surface area contributed by atoms with Crippen LogP contribution in [0.1, 0.15) is 15.9 Å². The first-order chi connectivity index (χ1) is 11.1. The van der Waals surface area contributed by atoms with Gasteiger partial charge in [-0.25, -0.2) is 0 Å². The highest BCUT2D eigenvalue weighted by Gasteiger charge is 2.20. The van der Waals surface area contributed by atoms with E-state index in [1.165, 1.54) is 0 Å². The molecule has 0 aliphatic carbocycles. The van der Waals surface area contributed by atoms with E-state index in [0.717, 1.165) is 11.1 Å². The van der Waals surface area contributed by atoms with Gasteiger partial charge in [0, 0.05) is 11.8 Å². The molecule has 2 amide bonds. The van der Waals surface area contributed by atoms with Gasteiger partial charge < -0.3 is 11.1 Å². The van der Waals surface area contributed by atoms with Gasteiger partial charge in [-0.1, -0.05) is 36.4 Å². The number of aromatic amines is 1. The van der Waals surface area contributed by atoms with E-state index in [9.17, 15) is 9.59 Å². The summed E-state index contributed by atoms with van der Waals surface area (Å²) in [7, 11) is 0. The van der Waals surface area contributed by atoms with Crippen molar-refractivity contribution >= 4 is 22.7 Å². The molecule has 1 heterocycles. The van der Waals surface area contributed by atoms with Crippen LogP contribution in [0.3, 0.4) is 0 Å². The Balaban J connectivity index is 1.81. The highest BCUT2D eigenvalue weighted by Crippen LogP contribution is 2.16. The number of fused-ring (bicyclic) bond motifs is 1. The van der Waals surface area contributed by atoms with Crippen LogP contribution in [0.5, 0.6) is 0 Å². The lowest BCUT2D eigenvalue weighted by molar-refractivity contribution is -0.119. The van der Waals surface area contributed by atoms with Gasteiger partial charge in [-0.3, -0.25) is 14.7 Å². The van der Waals surface area contributed by atoms with Crippen LogP contribution in [-0.4, -0.2) is 28.1 Å². The summed E-state index contributed by atoms with van der Waals surface area (Å²) in [5, 5.41) is 10.1. The van der Waals surface area contributed by atoms with Crippen LogP contribution in [0.15, 0.2) is 54.7 Å². The quantitative estimate of drug-likeness (QED) is 0.664. The van der Waals surface area contributed by atoms with Crippen molar-refractivity contribution in [2.75, 3.05) is 0 Å². The van der Waals surface area contributed by atoms with Gasteiger partial charge in [-0.2, -0.15) is 5.10 Å². The largest absolute Gasteiger partial charge is 0.368 e. The van der Waals surface area contributed by atoms with Gasteiger partial charge in [0.25, 0.3) is 5.91 Å². The van der Waals surface area contributed by atoms with Crippen LogP contribution in [0.25, 0.3) is 10.9 Å². The lowest BCUT2D eigenvalue weighted by Gasteiger charge is -2.16. The molecule has 0 saturated carbocycles. The maximum atomic E-state index is 12.5. The number of carbonyl (C=O) groups is 2. The molecule has 6 heteroatoms. The second kappa shape index (κ2) is 6.31. The Kier molecular flexibility index (Phi) is 4.05. The summed E-state index contributed by atoms with van der Waals surface area (Å²) in [6.07, 6.45) is 1.93. The zero-order valence-electron chi connectivity index (χ0n) is 12.3. The van der Waals surface area contributed by atoms with Crippen molar-refractivity contribution in [1.82, 2.24) is 15.5 Å². The summed E-state index contributed by atoms with van der Waals surface area (Å²) in [4.78, 5) is 24.2. The van der Waals surface area contributed by atoms with Gasteiger partial charge in [-0.05, 0) is 17.7 Å². The minimum Gasteiger partial charge on any atom is -0.368 e. The van der Waals surface area contributed by atoms with E-state index in [0.29, 0.717) is 17.4 Å². The van der Waals surface area contributed by atoms with Crippen molar-refractivity contribution in [3.8, 4) is 0 Å². The molecule has 23 heavy (non-hydrogen) atoms. The Morgan fingerprint density at radius 3 is 2.65 bits per heavy atom. The van der Waals surface area contributed by atoms with Crippen molar-refractivity contribution < 1.29 is 9.59 Å². The SMILES string of the molecule is NC(=O)[C@@H](Cc1ccccc1)NC(=O)c1cccc2[nH]ncc12. The number of benzene rings is 2. The molecule has 6 nitrogen and oxygen atoms in total. The zero-order valence-corrected chi connectivity index (χ0v) is 12.3. The second-order valence-corrected chi connectivity index (χ2v) is 5.25. The van der Waals surface area contributed by atoms with Gasteiger partial charge in [0.15, 0.2) is 0 Å². The molecule has 0 bridgehead atoms. The number of carbonyl (C=O) groups excluding carboxylic acids is 2. The third kappa shape index (κ3) is 3.21. The molecular weight excluding hydrogens is 292 g/mol. The average molecular weight is 308 g/mol. The second-order valence-electron chi connectivity index (χ2n) is 5.25. The number of primary amides is 1. The van der Waals surface area contributed by atoms with Crippen LogP contribution in [0.2, 0.25) is 0 Å². The lowest BCUT2D eigenvalue weighted by atomic mass is 10.0. The number of H-pyrrole nitrogens is 1. The predicted octanol–water partition coefficient (Wildman–Crippen LogP) is 1.39. The Labute approximate surface area is 132 Å². The van der Waals surface area contributed by atoms with E-state index < -0.39 is 11.9 Å². The van der Waals surface area contributed by atoms with E-state index in [1.54, 1.807) is 18.3 Å². The minimum atomic E-state index is -0.771. The minimum absolute atomic E-state index is 0.350. The van der Waals surface area contributed by atoms with Crippen molar-refractivity contribution in [2.45, 2.75) is 12.5 Å². The third-order valence-electron chi connectivity index (χ3n) is 3.66. The summed E-state index contributed by atoms with van der Waals surface area (Å²) < 4.78 is 0. The lowest BCUT2D eigenvalue weighted by Crippen LogP contribution is -2.45. The van der Waals surface area contributed by atoms with E-state index in [-0.39, 0.29) is 5.91 Å². The summed E-state index contributed by atoms with van der Waals surface area (Å²) in [5.41, 5.74) is 7.57. The van der Waals surface area contributed by atoms with Crippen molar-refractivity contribution in [3.05, 3.63) is 65.9 Å². The smallest absolute Gasteiger partial charge is 0.252 e. The maximum Gasteiger partial charge on any atom is 0.252 e. The monoisotopic (exact) mass is 308 g/mol. The molecule has 1 atom stereocenters. The van der Waals surface area contributed by atoms with Gasteiger partial charge in [0.05, 0.1) is 17.3 Å². The molecule has 4 N–H and O–H groups in total. The Bertz CT molecular complexity index is 842. The zero-order chi connectivity index (χ0) is 16.2. The van der Waals surface area contributed by atoms with Crippen LogP contribution in [0.4, 0.5) is 0 Å². The molecule has 0 radical (unpaired) electrons. The molecule has 0 aliphatic heterocycles. The average Bonchev–Trinajstić information content (AvgIpc) is 3.03. The standard InChI is InChI=1S/C17H16N4O2/c18-16(22)15(9-11-5-2-1-3-6-11)20-17(23)12-7-4-8-14-13(12)10-19-21-14/h1-8,10,15H,9H2,(H2,18,22)(H,19,21)(H,20,23)/t15-/m1/s1. The molecule has 2 aromatic carbocycles. The number of hydrogen-bond acceptors (Lipinski definition) is 3. The number of rotatable bonds is 5. The van der Waals surface area contributed by atoms with Gasteiger partial charge in [0.2, 0.25) is 5.91 Å². The van der Waals surface area contributed by atoms with E-state index in [4.69, 9.17) is 5.73 Å². The molecular formula is C17H16N4O2. The normalized spacial score (nSPS) is 12.0. The van der Waals surface area contributed by atoms with E-state index in [1.807, 2.05) is 36.4 Å². The summed E-state index contributed by atoms with van der Waals surface area (Å²) in [5.74, 6) is -0.918. The first-order valence-electron chi connectivity index (χ1n) is 7.21. The van der Waals surface area contributed by atoms with Crippen LogP contribution >= 0.6 is 0 Å². The number of nitrogens with one attached hydrogen (secondary N) is 2. The molecule has 116 valence electrons. The Hall–Kier alpha value is -3.15. The van der Waals surface area contributed by atoms with Crippen molar-refractivity contribution in [3.63, 3.8) is 0 Å². The topological polar surface area (TPSA) is 101 Å². The number of aromatic nitrogens is 2. The molecule has 0 unspecified atom stereocenters. The number of nitrogens with two attached hydrogens (primary N) is 1. The molecule has 0 fully saturated rings. The van der Waals surface area contributed by atoms with Crippen molar-refractivity contribution in [1.29, 1.82) is 0 Å². The fourth-order valence-electron chi connectivity index (χ4n) is 2.47. The molecule has 0 saturated heterocycles. The first-order valence-corrected chi connectivity index (χ1v) is 7.21. The first kappa shape index (κ1) is 14.8. The molecule has 3 rings (SSSR count). The molecule has 0 aliphatic rings. The maximum absolute atomic E-state index is 12.5. The Morgan fingerprint density at radius 1 is 1.13 bits per heavy atom. The summed E-state index contributed by atoms with van der Waals surface area (Å²) in [6, 6.07) is 13.9. The number of hydrogen-bond donors (Lipinski definition) is 3. The van der Waals surface area contributed by atoms with Crippen molar-refractivity contribution in [2.24, 2.45) is 5.73 Å². The van der Waals surface area contributed by atoms with Gasteiger partial charge in [-0.15, -0.1) is 0 Å². The Morgan fingerprint density at radius 2 is 1.91 bits per heavy atom. The summed E-state index contributed by atoms with van der Waals surface area (Å²) >= 11 is 0. The van der Waals surface area contributed by atoms with E-state index >= 15 is 0 Å². The van der Waals surface area contributed by atoms with Crippen LogP contribution in [0, 0.1) is 0 Å². The highest BCUT2D eigenvalue weighted by atomic mass is 16.2. The number of nitrogens with zero attached hydrogens (tertiary/aromatic N) is 1. The fourth-order valence-corrected chi connectivity index (χ4v) is 2.47.